The Kier molecular flexibility index (Phi) is 5.44. The second-order valence-electron chi connectivity index (χ2n) is 7.76. The summed E-state index contributed by atoms with van der Waals surface area (Å²) in [4.78, 5) is 12.3. The molecule has 0 bridgehead atoms. The molecule has 4 nitrogen and oxygen atoms in total. The molecule has 1 atom stereocenters. The van der Waals surface area contributed by atoms with Crippen LogP contribution in [0.15, 0.2) is 24.3 Å². The SMILES string of the molecule is CC(C)COc1ccc(CCNC(=O)C2CC23CCNCC3)cc1. The van der Waals surface area contributed by atoms with Gasteiger partial charge in [-0.1, -0.05) is 26.0 Å². The lowest BCUT2D eigenvalue weighted by Crippen LogP contribution is -2.34. The van der Waals surface area contributed by atoms with Gasteiger partial charge >= 0.3 is 0 Å². The Hall–Kier alpha value is -1.55. The summed E-state index contributed by atoms with van der Waals surface area (Å²) < 4.78 is 5.69. The Balaban J connectivity index is 1.38. The lowest BCUT2D eigenvalue weighted by molar-refractivity contribution is -0.123. The molecule has 1 unspecified atom stereocenters. The first-order chi connectivity index (χ1) is 11.6. The molecule has 1 heterocycles. The van der Waals surface area contributed by atoms with Crippen LogP contribution in [0.4, 0.5) is 0 Å². The maximum absolute atomic E-state index is 12.3. The van der Waals surface area contributed by atoms with Crippen LogP contribution in [-0.2, 0) is 11.2 Å². The molecule has 1 spiro atoms. The van der Waals surface area contributed by atoms with Crippen LogP contribution in [0.3, 0.4) is 0 Å². The molecule has 2 N–H and O–H groups in total. The third kappa shape index (κ3) is 4.29. The first-order valence-corrected chi connectivity index (χ1v) is 9.29. The minimum absolute atomic E-state index is 0.256. The summed E-state index contributed by atoms with van der Waals surface area (Å²) in [5, 5.41) is 6.51. The molecule has 132 valence electrons. The van der Waals surface area contributed by atoms with E-state index in [9.17, 15) is 4.79 Å². The number of hydrogen-bond acceptors (Lipinski definition) is 3. The van der Waals surface area contributed by atoms with Gasteiger partial charge in [-0.15, -0.1) is 0 Å². The number of piperidine rings is 1. The fourth-order valence-electron chi connectivity index (χ4n) is 3.66. The van der Waals surface area contributed by atoms with Crippen LogP contribution in [0.1, 0.15) is 38.7 Å². The van der Waals surface area contributed by atoms with Crippen LogP contribution >= 0.6 is 0 Å². The van der Waals surface area contributed by atoms with Crippen LogP contribution < -0.4 is 15.4 Å². The number of hydrogen-bond donors (Lipinski definition) is 2. The van der Waals surface area contributed by atoms with E-state index in [0.29, 0.717) is 11.3 Å². The molecule has 1 aliphatic carbocycles. The van der Waals surface area contributed by atoms with Crippen LogP contribution in [0.25, 0.3) is 0 Å². The molecule has 1 saturated carbocycles. The lowest BCUT2D eigenvalue weighted by atomic mass is 9.92. The van der Waals surface area contributed by atoms with Crippen molar-refractivity contribution >= 4 is 5.91 Å². The predicted octanol–water partition coefficient (Wildman–Crippen LogP) is 2.77. The van der Waals surface area contributed by atoms with Gasteiger partial charge in [0.2, 0.25) is 5.91 Å². The highest BCUT2D eigenvalue weighted by atomic mass is 16.5. The summed E-state index contributed by atoms with van der Waals surface area (Å²) in [6.07, 6.45) is 4.27. The van der Waals surface area contributed by atoms with E-state index in [1.165, 1.54) is 5.56 Å². The highest BCUT2D eigenvalue weighted by molar-refractivity contribution is 5.82. The first kappa shape index (κ1) is 17.3. The monoisotopic (exact) mass is 330 g/mol. The van der Waals surface area contributed by atoms with Gasteiger partial charge in [0.15, 0.2) is 0 Å². The largest absolute Gasteiger partial charge is 0.493 e. The number of benzene rings is 1. The Labute approximate surface area is 145 Å². The number of carbonyl (C=O) groups excluding carboxylic acids is 1. The topological polar surface area (TPSA) is 50.4 Å². The van der Waals surface area contributed by atoms with Crippen molar-refractivity contribution < 1.29 is 9.53 Å². The van der Waals surface area contributed by atoms with E-state index in [1.54, 1.807) is 0 Å². The number of rotatable bonds is 7. The van der Waals surface area contributed by atoms with E-state index in [4.69, 9.17) is 4.74 Å². The maximum Gasteiger partial charge on any atom is 0.223 e. The Bertz CT molecular complexity index is 547. The second kappa shape index (κ2) is 7.56. The Morgan fingerprint density at radius 1 is 1.29 bits per heavy atom. The number of ether oxygens (including phenoxy) is 1. The normalized spacial score (nSPS) is 21.7. The van der Waals surface area contributed by atoms with E-state index in [0.717, 1.165) is 57.7 Å². The van der Waals surface area contributed by atoms with E-state index in [-0.39, 0.29) is 11.8 Å². The molecule has 3 rings (SSSR count). The van der Waals surface area contributed by atoms with Gasteiger partial charge in [0.05, 0.1) is 6.61 Å². The minimum Gasteiger partial charge on any atom is -0.493 e. The first-order valence-electron chi connectivity index (χ1n) is 9.29. The summed E-state index contributed by atoms with van der Waals surface area (Å²) in [5.41, 5.74) is 1.56. The van der Waals surface area contributed by atoms with Crippen molar-refractivity contribution in [2.24, 2.45) is 17.3 Å². The van der Waals surface area contributed by atoms with Crippen molar-refractivity contribution in [3.8, 4) is 5.75 Å². The molecule has 1 amide bonds. The van der Waals surface area contributed by atoms with Gasteiger partial charge in [0.25, 0.3) is 0 Å². The lowest BCUT2D eigenvalue weighted by Gasteiger charge is -2.23. The number of amides is 1. The van der Waals surface area contributed by atoms with Gasteiger partial charge in [-0.05, 0) is 67.8 Å². The molecule has 1 aromatic carbocycles. The van der Waals surface area contributed by atoms with Crippen molar-refractivity contribution in [2.75, 3.05) is 26.2 Å². The maximum atomic E-state index is 12.3. The summed E-state index contributed by atoms with van der Waals surface area (Å²) in [5.74, 6) is 1.97. The summed E-state index contributed by atoms with van der Waals surface area (Å²) in [7, 11) is 0. The summed E-state index contributed by atoms with van der Waals surface area (Å²) in [6.45, 7) is 7.88. The van der Waals surface area contributed by atoms with E-state index < -0.39 is 0 Å². The van der Waals surface area contributed by atoms with Gasteiger partial charge < -0.3 is 15.4 Å². The summed E-state index contributed by atoms with van der Waals surface area (Å²) in [6, 6.07) is 8.22. The standard InChI is InChI=1S/C20H30N2O2/c1-15(2)14-24-17-5-3-16(4-6-17)7-10-22-19(23)18-13-20(18)8-11-21-12-9-20/h3-6,15,18,21H,7-14H2,1-2H3,(H,22,23). The van der Waals surface area contributed by atoms with Gasteiger partial charge in [0.1, 0.15) is 5.75 Å². The third-order valence-electron chi connectivity index (χ3n) is 5.33. The fraction of sp³-hybridized carbons (Fsp3) is 0.650. The van der Waals surface area contributed by atoms with Gasteiger partial charge in [-0.2, -0.15) is 0 Å². The van der Waals surface area contributed by atoms with Gasteiger partial charge in [0, 0.05) is 12.5 Å². The van der Waals surface area contributed by atoms with Crippen LogP contribution in [0.2, 0.25) is 0 Å². The molecule has 2 fully saturated rings. The number of carbonyl (C=O) groups is 1. The third-order valence-corrected chi connectivity index (χ3v) is 5.33. The molecule has 1 aromatic rings. The second-order valence-corrected chi connectivity index (χ2v) is 7.76. The zero-order valence-corrected chi connectivity index (χ0v) is 14.9. The van der Waals surface area contributed by atoms with Gasteiger partial charge in [-0.25, -0.2) is 0 Å². The highest BCUT2D eigenvalue weighted by Crippen LogP contribution is 2.58. The van der Waals surface area contributed by atoms with Crippen molar-refractivity contribution in [1.82, 2.24) is 10.6 Å². The van der Waals surface area contributed by atoms with E-state index in [1.807, 2.05) is 12.1 Å². The molecule has 0 aromatic heterocycles. The summed E-state index contributed by atoms with van der Waals surface area (Å²) >= 11 is 0. The number of nitrogens with one attached hydrogen (secondary N) is 2. The average Bonchev–Trinajstić information content (AvgIpc) is 3.27. The highest BCUT2D eigenvalue weighted by Gasteiger charge is 2.57. The van der Waals surface area contributed by atoms with Crippen LogP contribution in [0, 0.1) is 17.3 Å². The van der Waals surface area contributed by atoms with Crippen LogP contribution in [0.5, 0.6) is 5.75 Å². The predicted molar refractivity (Wildman–Crippen MR) is 96.1 cm³/mol. The van der Waals surface area contributed by atoms with Crippen molar-refractivity contribution in [3.63, 3.8) is 0 Å². The van der Waals surface area contributed by atoms with Crippen molar-refractivity contribution in [1.29, 1.82) is 0 Å². The fourth-order valence-corrected chi connectivity index (χ4v) is 3.66. The molecule has 2 aliphatic rings. The molecule has 24 heavy (non-hydrogen) atoms. The minimum atomic E-state index is 0.256. The van der Waals surface area contributed by atoms with E-state index >= 15 is 0 Å². The molecule has 1 aliphatic heterocycles. The Morgan fingerprint density at radius 3 is 2.67 bits per heavy atom. The molecular weight excluding hydrogens is 300 g/mol. The zero-order valence-electron chi connectivity index (χ0n) is 14.9. The zero-order chi connectivity index (χ0) is 17.0. The Morgan fingerprint density at radius 2 is 2.00 bits per heavy atom. The van der Waals surface area contributed by atoms with Crippen molar-refractivity contribution in [3.05, 3.63) is 29.8 Å². The quantitative estimate of drug-likeness (QED) is 0.808. The van der Waals surface area contributed by atoms with Gasteiger partial charge in [-0.3, -0.25) is 4.79 Å². The molecule has 1 saturated heterocycles. The van der Waals surface area contributed by atoms with E-state index in [2.05, 4.69) is 36.6 Å². The van der Waals surface area contributed by atoms with Crippen LogP contribution in [-0.4, -0.2) is 32.1 Å². The van der Waals surface area contributed by atoms with Crippen molar-refractivity contribution in [2.45, 2.75) is 39.5 Å². The molecule has 0 radical (unpaired) electrons. The molecule has 4 heteroatoms. The average molecular weight is 330 g/mol. The smallest absolute Gasteiger partial charge is 0.223 e. The molecular formula is C20H30N2O2.